The highest BCUT2D eigenvalue weighted by molar-refractivity contribution is 7.07. The number of nitrogens with zero attached hydrogens (tertiary/aromatic N) is 1. The second-order valence-corrected chi connectivity index (χ2v) is 5.96. The van der Waals surface area contributed by atoms with Gasteiger partial charge in [-0.15, -0.1) is 0 Å². The second-order valence-electron chi connectivity index (χ2n) is 5.14. The first-order valence-electron chi connectivity index (χ1n) is 6.80. The van der Waals surface area contributed by atoms with Crippen LogP contribution in [0.2, 0.25) is 0 Å². The summed E-state index contributed by atoms with van der Waals surface area (Å²) in [5.41, 5.74) is 0.255. The summed E-state index contributed by atoms with van der Waals surface area (Å²) in [6, 6.07) is 4.20. The van der Waals surface area contributed by atoms with Gasteiger partial charge in [-0.25, -0.2) is 0 Å². The molecule has 124 valence electrons. The van der Waals surface area contributed by atoms with Crippen molar-refractivity contribution in [2.45, 2.75) is 32.6 Å². The fourth-order valence-electron chi connectivity index (χ4n) is 2.09. The van der Waals surface area contributed by atoms with E-state index in [1.54, 1.807) is 19.2 Å². The van der Waals surface area contributed by atoms with Crippen LogP contribution in [-0.2, 0) is 17.5 Å². The number of hydrogen-bond donors (Lipinski definition) is 1. The number of nitrogens with one attached hydrogen (secondary N) is 1. The molecule has 1 N–H and O–H groups in total. The Bertz CT molecular complexity index is 765. The third kappa shape index (κ3) is 4.22. The number of halogens is 3. The van der Waals surface area contributed by atoms with Crippen LogP contribution in [0.5, 0.6) is 0 Å². The van der Waals surface area contributed by atoms with Gasteiger partial charge in [0.15, 0.2) is 0 Å². The Morgan fingerprint density at radius 2 is 2.09 bits per heavy atom. The lowest BCUT2D eigenvalue weighted by Crippen LogP contribution is -2.33. The van der Waals surface area contributed by atoms with Gasteiger partial charge < -0.3 is 5.32 Å². The van der Waals surface area contributed by atoms with Gasteiger partial charge in [0.2, 0.25) is 5.91 Å². The molecule has 0 bridgehead atoms. The molecule has 1 heterocycles. The first kappa shape index (κ1) is 17.3. The van der Waals surface area contributed by atoms with Gasteiger partial charge in [-0.1, -0.05) is 23.5 Å². The first-order chi connectivity index (χ1) is 10.7. The molecule has 0 saturated heterocycles. The van der Waals surface area contributed by atoms with Crippen molar-refractivity contribution in [1.29, 1.82) is 0 Å². The average Bonchev–Trinajstić information content (AvgIpc) is 2.78. The van der Waals surface area contributed by atoms with Crippen LogP contribution in [0.25, 0.3) is 0 Å². The van der Waals surface area contributed by atoms with Crippen LogP contribution in [0.15, 0.2) is 34.4 Å². The van der Waals surface area contributed by atoms with E-state index in [-0.39, 0.29) is 11.4 Å². The molecule has 1 amide bonds. The lowest BCUT2D eigenvalue weighted by atomic mass is 10.0. The standard InChI is InChI=1S/C15H15F3N2O2S/c1-9-8-23-14(22)20(9)7-13(21)19-10(2)11-4-3-5-12(6-11)15(16,17)18/h3-6,8,10H,7H2,1-2H3,(H,19,21)/t10-/m1/s1. The molecule has 2 rings (SSSR count). The summed E-state index contributed by atoms with van der Waals surface area (Å²) in [4.78, 5) is 23.3. The molecule has 23 heavy (non-hydrogen) atoms. The fourth-order valence-corrected chi connectivity index (χ4v) is 2.83. The summed E-state index contributed by atoms with van der Waals surface area (Å²) in [5, 5.41) is 4.25. The van der Waals surface area contributed by atoms with Crippen molar-refractivity contribution in [3.05, 3.63) is 56.1 Å². The number of carbonyl (C=O) groups excluding carboxylic acids is 1. The highest BCUT2D eigenvalue weighted by Crippen LogP contribution is 2.30. The summed E-state index contributed by atoms with van der Waals surface area (Å²) < 4.78 is 39.4. The number of amides is 1. The first-order valence-corrected chi connectivity index (χ1v) is 7.68. The highest BCUT2D eigenvalue weighted by Gasteiger charge is 2.30. The minimum absolute atomic E-state index is 0.155. The maximum absolute atomic E-state index is 12.7. The molecular weight excluding hydrogens is 329 g/mol. The molecule has 0 aliphatic rings. The number of alkyl halides is 3. The van der Waals surface area contributed by atoms with E-state index in [0.717, 1.165) is 23.5 Å². The predicted octanol–water partition coefficient (Wildman–Crippen LogP) is 3.11. The predicted molar refractivity (Wildman–Crippen MR) is 81.3 cm³/mol. The number of carbonyl (C=O) groups is 1. The number of hydrogen-bond acceptors (Lipinski definition) is 3. The molecule has 0 unspecified atom stereocenters. The fraction of sp³-hybridized carbons (Fsp3) is 0.333. The Morgan fingerprint density at radius 3 is 2.65 bits per heavy atom. The SMILES string of the molecule is Cc1csc(=O)n1CC(=O)N[C@H](C)c1cccc(C(F)(F)F)c1. The monoisotopic (exact) mass is 344 g/mol. The van der Waals surface area contributed by atoms with Crippen LogP contribution >= 0.6 is 11.3 Å². The van der Waals surface area contributed by atoms with Gasteiger partial charge in [-0.2, -0.15) is 13.2 Å². The second kappa shape index (κ2) is 6.57. The molecular formula is C15H15F3N2O2S. The van der Waals surface area contributed by atoms with Crippen LogP contribution in [0.4, 0.5) is 13.2 Å². The molecule has 0 saturated carbocycles. The van der Waals surface area contributed by atoms with E-state index >= 15 is 0 Å². The molecule has 0 aliphatic carbocycles. The van der Waals surface area contributed by atoms with Crippen LogP contribution in [0.3, 0.4) is 0 Å². The summed E-state index contributed by atoms with van der Waals surface area (Å²) in [5.74, 6) is -0.432. The molecule has 0 aliphatic heterocycles. The number of aromatic nitrogens is 1. The van der Waals surface area contributed by atoms with Gasteiger partial charge in [0.25, 0.3) is 0 Å². The highest BCUT2D eigenvalue weighted by atomic mass is 32.1. The Morgan fingerprint density at radius 1 is 1.39 bits per heavy atom. The zero-order chi connectivity index (χ0) is 17.2. The van der Waals surface area contributed by atoms with Crippen LogP contribution in [0.1, 0.15) is 29.8 Å². The van der Waals surface area contributed by atoms with Gasteiger partial charge in [-0.3, -0.25) is 14.2 Å². The topological polar surface area (TPSA) is 51.1 Å². The zero-order valence-corrected chi connectivity index (χ0v) is 13.3. The van der Waals surface area contributed by atoms with E-state index in [1.807, 2.05) is 0 Å². The number of thiazole rings is 1. The van der Waals surface area contributed by atoms with Crippen molar-refractivity contribution in [3.8, 4) is 0 Å². The number of benzene rings is 1. The third-order valence-electron chi connectivity index (χ3n) is 3.37. The van der Waals surface area contributed by atoms with Crippen molar-refractivity contribution in [1.82, 2.24) is 9.88 Å². The third-order valence-corrected chi connectivity index (χ3v) is 4.25. The minimum atomic E-state index is -4.43. The molecule has 8 heteroatoms. The molecule has 0 fully saturated rings. The van der Waals surface area contributed by atoms with Gasteiger partial charge >= 0.3 is 11.0 Å². The Hall–Kier alpha value is -2.09. The largest absolute Gasteiger partial charge is 0.416 e. The summed E-state index contributed by atoms with van der Waals surface area (Å²) in [6.07, 6.45) is -4.43. The van der Waals surface area contributed by atoms with E-state index in [9.17, 15) is 22.8 Å². The summed E-state index contributed by atoms with van der Waals surface area (Å²) >= 11 is 0.995. The van der Waals surface area contributed by atoms with Crippen LogP contribution in [0, 0.1) is 6.92 Å². The van der Waals surface area contributed by atoms with Crippen molar-refractivity contribution in [2.75, 3.05) is 0 Å². The van der Waals surface area contributed by atoms with E-state index in [4.69, 9.17) is 0 Å². The lowest BCUT2D eigenvalue weighted by molar-refractivity contribution is -0.137. The number of aryl methyl sites for hydroxylation is 1. The van der Waals surface area contributed by atoms with Crippen molar-refractivity contribution in [2.24, 2.45) is 0 Å². The molecule has 1 atom stereocenters. The van der Waals surface area contributed by atoms with Gasteiger partial charge in [-0.05, 0) is 31.5 Å². The number of rotatable bonds is 4. The van der Waals surface area contributed by atoms with E-state index < -0.39 is 23.7 Å². The maximum atomic E-state index is 12.7. The molecule has 1 aromatic carbocycles. The van der Waals surface area contributed by atoms with Gasteiger partial charge in [0.05, 0.1) is 11.6 Å². The maximum Gasteiger partial charge on any atom is 0.416 e. The Labute approximate surface area is 134 Å². The molecule has 0 spiro atoms. The molecule has 2 aromatic rings. The molecule has 4 nitrogen and oxygen atoms in total. The van der Waals surface area contributed by atoms with Crippen LogP contribution in [-0.4, -0.2) is 10.5 Å². The van der Waals surface area contributed by atoms with Gasteiger partial charge in [0, 0.05) is 11.1 Å². The van der Waals surface area contributed by atoms with E-state index in [2.05, 4.69) is 5.32 Å². The quantitative estimate of drug-likeness (QED) is 0.926. The van der Waals surface area contributed by atoms with Crippen molar-refractivity contribution < 1.29 is 18.0 Å². The van der Waals surface area contributed by atoms with Crippen molar-refractivity contribution >= 4 is 17.2 Å². The summed E-state index contributed by atoms with van der Waals surface area (Å²) in [7, 11) is 0. The molecule has 1 aromatic heterocycles. The smallest absolute Gasteiger partial charge is 0.348 e. The minimum Gasteiger partial charge on any atom is -0.348 e. The van der Waals surface area contributed by atoms with Gasteiger partial charge in [0.1, 0.15) is 6.54 Å². The Kier molecular flexibility index (Phi) is 4.93. The van der Waals surface area contributed by atoms with Crippen LogP contribution < -0.4 is 10.2 Å². The van der Waals surface area contributed by atoms with E-state index in [1.165, 1.54) is 16.7 Å². The van der Waals surface area contributed by atoms with E-state index in [0.29, 0.717) is 11.3 Å². The lowest BCUT2D eigenvalue weighted by Gasteiger charge is -2.16. The molecule has 0 radical (unpaired) electrons. The summed E-state index contributed by atoms with van der Waals surface area (Å²) in [6.45, 7) is 3.15. The normalized spacial score (nSPS) is 12.9. The van der Waals surface area contributed by atoms with Crippen molar-refractivity contribution in [3.63, 3.8) is 0 Å². The zero-order valence-electron chi connectivity index (χ0n) is 12.5. The average molecular weight is 344 g/mol. The Balaban J connectivity index is 2.08.